The number of rotatable bonds is 5. The number of para-hydroxylation sites is 1. The number of nitrogens with one attached hydrogen (secondary N) is 2. The largest absolute Gasteiger partial charge is 0.322 e. The number of aryl methyl sites for hydroxylation is 1. The molecule has 0 unspecified atom stereocenters. The monoisotopic (exact) mass is 535 g/mol. The number of hydrogen-bond acceptors (Lipinski definition) is 3. The van der Waals surface area contributed by atoms with E-state index in [-0.39, 0.29) is 11.8 Å². The summed E-state index contributed by atoms with van der Waals surface area (Å²) < 4.78 is 0.969. The van der Waals surface area contributed by atoms with E-state index >= 15 is 0 Å². The minimum Gasteiger partial charge on any atom is -0.322 e. The van der Waals surface area contributed by atoms with Crippen LogP contribution in [0, 0.1) is 6.92 Å². The Hall–Kier alpha value is -4.29. The third kappa shape index (κ3) is 5.19. The number of halogens is 1. The number of carbonyl (C=O) groups excluding carboxylic acids is 2. The van der Waals surface area contributed by atoms with Crippen LogP contribution in [-0.2, 0) is 0 Å². The highest BCUT2D eigenvalue weighted by atomic mass is 79.9. The van der Waals surface area contributed by atoms with Gasteiger partial charge in [0.1, 0.15) is 0 Å². The Morgan fingerprint density at radius 3 is 2.22 bits per heavy atom. The first-order chi connectivity index (χ1) is 17.5. The van der Waals surface area contributed by atoms with Crippen LogP contribution < -0.4 is 10.6 Å². The molecule has 0 aliphatic rings. The quantitative estimate of drug-likeness (QED) is 0.245. The molecule has 6 heteroatoms. The Morgan fingerprint density at radius 2 is 1.44 bits per heavy atom. The SMILES string of the molecule is Cc1ccc2nc(-c3ccc(Br)cc3)cc(C(=O)Nc3cccc(C(=O)Nc4ccccc4)c3)c2c1. The molecule has 0 saturated carbocycles. The average Bonchev–Trinajstić information content (AvgIpc) is 2.89. The molecular weight excluding hydrogens is 514 g/mol. The Bertz CT molecular complexity index is 1580. The Labute approximate surface area is 217 Å². The molecule has 2 N–H and O–H groups in total. The summed E-state index contributed by atoms with van der Waals surface area (Å²) in [7, 11) is 0. The second-order valence-corrected chi connectivity index (χ2v) is 9.35. The first-order valence-corrected chi connectivity index (χ1v) is 12.2. The predicted molar refractivity (Wildman–Crippen MR) is 148 cm³/mol. The van der Waals surface area contributed by atoms with Crippen molar-refractivity contribution in [3.63, 3.8) is 0 Å². The van der Waals surface area contributed by atoms with Gasteiger partial charge in [0.2, 0.25) is 0 Å². The van der Waals surface area contributed by atoms with Crippen molar-refractivity contribution in [3.05, 3.63) is 124 Å². The maximum Gasteiger partial charge on any atom is 0.256 e. The lowest BCUT2D eigenvalue weighted by Gasteiger charge is -2.12. The molecule has 0 spiro atoms. The third-order valence-corrected chi connectivity index (χ3v) is 6.29. The fourth-order valence-corrected chi connectivity index (χ4v) is 4.22. The molecule has 2 amide bonds. The van der Waals surface area contributed by atoms with E-state index in [0.717, 1.165) is 26.5 Å². The summed E-state index contributed by atoms with van der Waals surface area (Å²) in [5.74, 6) is -0.521. The van der Waals surface area contributed by atoms with E-state index in [1.54, 1.807) is 24.3 Å². The fourth-order valence-electron chi connectivity index (χ4n) is 3.96. The normalized spacial score (nSPS) is 10.7. The molecular formula is C30H22BrN3O2. The van der Waals surface area contributed by atoms with Crippen molar-refractivity contribution in [1.29, 1.82) is 0 Å². The maximum atomic E-state index is 13.5. The molecule has 0 atom stereocenters. The van der Waals surface area contributed by atoms with E-state index < -0.39 is 0 Å². The molecule has 0 aliphatic carbocycles. The van der Waals surface area contributed by atoms with Crippen LogP contribution in [-0.4, -0.2) is 16.8 Å². The molecule has 1 aromatic heterocycles. The highest BCUT2D eigenvalue weighted by Crippen LogP contribution is 2.27. The number of hydrogen-bond donors (Lipinski definition) is 2. The van der Waals surface area contributed by atoms with Gasteiger partial charge in [0.05, 0.1) is 16.8 Å². The van der Waals surface area contributed by atoms with Gasteiger partial charge in [-0.05, 0) is 67.6 Å². The van der Waals surface area contributed by atoms with Crippen molar-refractivity contribution in [2.45, 2.75) is 6.92 Å². The molecule has 5 nitrogen and oxygen atoms in total. The molecule has 36 heavy (non-hydrogen) atoms. The van der Waals surface area contributed by atoms with Crippen molar-refractivity contribution in [3.8, 4) is 11.3 Å². The number of nitrogens with zero attached hydrogens (tertiary/aromatic N) is 1. The van der Waals surface area contributed by atoms with Crippen molar-refractivity contribution in [1.82, 2.24) is 4.98 Å². The first kappa shape index (κ1) is 23.5. The zero-order valence-corrected chi connectivity index (χ0v) is 21.0. The summed E-state index contributed by atoms with van der Waals surface area (Å²) in [6.07, 6.45) is 0. The van der Waals surface area contributed by atoms with Crippen LogP contribution in [0.1, 0.15) is 26.3 Å². The van der Waals surface area contributed by atoms with Crippen molar-refractivity contribution >= 4 is 50.0 Å². The average molecular weight is 536 g/mol. The van der Waals surface area contributed by atoms with Gasteiger partial charge in [0.15, 0.2) is 0 Å². The smallest absolute Gasteiger partial charge is 0.256 e. The van der Waals surface area contributed by atoms with Gasteiger partial charge in [-0.2, -0.15) is 0 Å². The highest BCUT2D eigenvalue weighted by Gasteiger charge is 2.16. The van der Waals surface area contributed by atoms with E-state index in [2.05, 4.69) is 26.6 Å². The second-order valence-electron chi connectivity index (χ2n) is 8.44. The molecule has 0 fully saturated rings. The van der Waals surface area contributed by atoms with Gasteiger partial charge in [-0.3, -0.25) is 9.59 Å². The summed E-state index contributed by atoms with van der Waals surface area (Å²) in [5, 5.41) is 6.60. The van der Waals surface area contributed by atoms with Crippen LogP contribution in [0.5, 0.6) is 0 Å². The Morgan fingerprint density at radius 1 is 0.722 bits per heavy atom. The van der Waals surface area contributed by atoms with Crippen molar-refractivity contribution in [2.75, 3.05) is 10.6 Å². The molecule has 1 heterocycles. The summed E-state index contributed by atoms with van der Waals surface area (Å²) in [4.78, 5) is 31.0. The zero-order valence-electron chi connectivity index (χ0n) is 19.5. The number of fused-ring (bicyclic) bond motifs is 1. The molecule has 0 radical (unpaired) electrons. The van der Waals surface area contributed by atoms with E-state index in [1.165, 1.54) is 0 Å². The Balaban J connectivity index is 1.46. The van der Waals surface area contributed by atoms with Gasteiger partial charge in [0.25, 0.3) is 11.8 Å². The zero-order chi connectivity index (χ0) is 25.1. The fraction of sp³-hybridized carbons (Fsp3) is 0.0333. The minimum atomic E-state index is -0.271. The standard InChI is InChI=1S/C30H22BrN3O2/c1-19-10-15-27-25(16-19)26(18-28(34-27)20-11-13-22(31)14-12-20)30(36)33-24-9-5-6-21(17-24)29(35)32-23-7-3-2-4-8-23/h2-18H,1H3,(H,32,35)(H,33,36). The molecule has 0 aliphatic heterocycles. The Kier molecular flexibility index (Phi) is 6.60. The lowest BCUT2D eigenvalue weighted by molar-refractivity contribution is 0.101. The van der Waals surface area contributed by atoms with Gasteiger partial charge < -0.3 is 10.6 Å². The summed E-state index contributed by atoms with van der Waals surface area (Å²) in [5.41, 5.74) is 5.59. The number of benzene rings is 4. The van der Waals surface area contributed by atoms with Gasteiger partial charge in [-0.25, -0.2) is 4.98 Å². The molecule has 4 aromatic carbocycles. The van der Waals surface area contributed by atoms with Crippen LogP contribution in [0.2, 0.25) is 0 Å². The van der Waals surface area contributed by atoms with E-state index in [1.807, 2.05) is 85.8 Å². The lowest BCUT2D eigenvalue weighted by atomic mass is 10.0. The number of anilines is 2. The van der Waals surface area contributed by atoms with Crippen LogP contribution >= 0.6 is 15.9 Å². The van der Waals surface area contributed by atoms with Crippen LogP contribution in [0.3, 0.4) is 0 Å². The van der Waals surface area contributed by atoms with Crippen molar-refractivity contribution in [2.24, 2.45) is 0 Å². The number of amides is 2. The summed E-state index contributed by atoms with van der Waals surface area (Å²) in [6.45, 7) is 1.98. The molecule has 0 bridgehead atoms. The lowest BCUT2D eigenvalue weighted by Crippen LogP contribution is -2.15. The minimum absolute atomic E-state index is 0.250. The van der Waals surface area contributed by atoms with E-state index in [4.69, 9.17) is 4.98 Å². The van der Waals surface area contributed by atoms with Crippen LogP contribution in [0.4, 0.5) is 11.4 Å². The highest BCUT2D eigenvalue weighted by molar-refractivity contribution is 9.10. The molecule has 176 valence electrons. The first-order valence-electron chi connectivity index (χ1n) is 11.4. The van der Waals surface area contributed by atoms with Crippen LogP contribution in [0.25, 0.3) is 22.2 Å². The number of pyridine rings is 1. The predicted octanol–water partition coefficient (Wildman–Crippen LogP) is 7.48. The molecule has 5 rings (SSSR count). The summed E-state index contributed by atoms with van der Waals surface area (Å²) >= 11 is 3.46. The van der Waals surface area contributed by atoms with Crippen molar-refractivity contribution < 1.29 is 9.59 Å². The maximum absolute atomic E-state index is 13.5. The number of carbonyl (C=O) groups is 2. The number of aromatic nitrogens is 1. The van der Waals surface area contributed by atoms with Gasteiger partial charge in [-0.15, -0.1) is 0 Å². The van der Waals surface area contributed by atoms with E-state index in [9.17, 15) is 9.59 Å². The second kappa shape index (κ2) is 10.1. The van der Waals surface area contributed by atoms with Crippen LogP contribution in [0.15, 0.2) is 108 Å². The van der Waals surface area contributed by atoms with Gasteiger partial charge in [-0.1, -0.05) is 64.0 Å². The third-order valence-electron chi connectivity index (χ3n) is 5.76. The van der Waals surface area contributed by atoms with Gasteiger partial charge in [0, 0.05) is 32.4 Å². The molecule has 5 aromatic rings. The van der Waals surface area contributed by atoms with E-state index in [0.29, 0.717) is 28.2 Å². The van der Waals surface area contributed by atoms with Gasteiger partial charge >= 0.3 is 0 Å². The summed E-state index contributed by atoms with van der Waals surface area (Å²) in [6, 6.07) is 31.6. The molecule has 0 saturated heterocycles. The topological polar surface area (TPSA) is 71.1 Å².